The predicted molar refractivity (Wildman–Crippen MR) is 56.7 cm³/mol. The summed E-state index contributed by atoms with van der Waals surface area (Å²) in [4.78, 5) is 21.9. The molecule has 0 aliphatic carbocycles. The fourth-order valence-corrected chi connectivity index (χ4v) is 3.42. The molecule has 0 aromatic carbocycles. The van der Waals surface area contributed by atoms with Gasteiger partial charge in [0.1, 0.15) is 15.0 Å². The van der Waals surface area contributed by atoms with Crippen molar-refractivity contribution in [3.8, 4) is 0 Å². The van der Waals surface area contributed by atoms with Gasteiger partial charge in [-0.2, -0.15) is 12.6 Å². The molecular formula is C7H15NO3SSi. The molecule has 0 aliphatic heterocycles. The first kappa shape index (κ1) is 12.5. The van der Waals surface area contributed by atoms with Gasteiger partial charge in [-0.1, -0.05) is 13.1 Å². The molecule has 0 heterocycles. The zero-order valence-corrected chi connectivity index (χ0v) is 10.1. The van der Waals surface area contributed by atoms with Crippen molar-refractivity contribution in [1.82, 2.24) is 4.57 Å². The van der Waals surface area contributed by atoms with E-state index in [4.69, 9.17) is 5.11 Å². The minimum Gasteiger partial charge on any atom is -0.480 e. The lowest BCUT2D eigenvalue weighted by Crippen LogP contribution is -2.51. The van der Waals surface area contributed by atoms with Crippen molar-refractivity contribution >= 4 is 33.5 Å². The van der Waals surface area contributed by atoms with Crippen LogP contribution in [0.15, 0.2) is 0 Å². The summed E-state index contributed by atoms with van der Waals surface area (Å²) in [6.45, 7) is 5.23. The summed E-state index contributed by atoms with van der Waals surface area (Å²) in [5.74, 6) is -0.991. The highest BCUT2D eigenvalue weighted by molar-refractivity contribution is 7.80. The van der Waals surface area contributed by atoms with E-state index in [2.05, 4.69) is 12.6 Å². The fourth-order valence-electron chi connectivity index (χ4n) is 1.23. The molecule has 1 atom stereocenters. The van der Waals surface area contributed by atoms with Crippen molar-refractivity contribution in [2.24, 2.45) is 0 Å². The smallest absolute Gasteiger partial charge is 0.326 e. The molecule has 76 valence electrons. The van der Waals surface area contributed by atoms with Crippen molar-refractivity contribution < 1.29 is 14.7 Å². The van der Waals surface area contributed by atoms with Crippen LogP contribution in [0.5, 0.6) is 0 Å². The predicted octanol–water partition coefficient (Wildman–Crippen LogP) is 0.201. The molecule has 1 amide bonds. The standard InChI is InChI=1S/C7H15NO3SSi/c1-5(9)8(13(2)3)6(4-12)7(10)11/h6,12-13H,4H2,1-3H3,(H,10,11)/t6-/m0/s1. The van der Waals surface area contributed by atoms with E-state index < -0.39 is 21.0 Å². The zero-order valence-electron chi connectivity index (χ0n) is 8.02. The molecule has 0 rings (SSSR count). The topological polar surface area (TPSA) is 57.6 Å². The van der Waals surface area contributed by atoms with Crippen LogP contribution < -0.4 is 0 Å². The molecule has 0 fully saturated rings. The molecule has 0 radical (unpaired) electrons. The van der Waals surface area contributed by atoms with Gasteiger partial charge in [-0.05, 0) is 0 Å². The highest BCUT2D eigenvalue weighted by Crippen LogP contribution is 2.06. The van der Waals surface area contributed by atoms with Crippen LogP contribution in [0.3, 0.4) is 0 Å². The molecule has 0 aliphatic rings. The first-order valence-corrected chi connectivity index (χ1v) is 7.50. The summed E-state index contributed by atoms with van der Waals surface area (Å²) in [5.41, 5.74) is 0. The van der Waals surface area contributed by atoms with Gasteiger partial charge in [0, 0.05) is 12.7 Å². The van der Waals surface area contributed by atoms with E-state index in [0.29, 0.717) is 0 Å². The Morgan fingerprint density at radius 3 is 2.08 bits per heavy atom. The van der Waals surface area contributed by atoms with Crippen LogP contribution in [0.1, 0.15) is 6.92 Å². The number of nitrogens with zero attached hydrogens (tertiary/aromatic N) is 1. The molecule has 0 unspecified atom stereocenters. The van der Waals surface area contributed by atoms with Crippen LogP contribution in [0.25, 0.3) is 0 Å². The SMILES string of the molecule is CC(=O)N([C@@H](CS)C(=O)O)[SiH](C)C. The first-order valence-electron chi connectivity index (χ1n) is 4.04. The van der Waals surface area contributed by atoms with Crippen molar-refractivity contribution in [3.05, 3.63) is 0 Å². The van der Waals surface area contributed by atoms with Crippen molar-refractivity contribution in [2.75, 3.05) is 5.75 Å². The molecular weight excluding hydrogens is 206 g/mol. The van der Waals surface area contributed by atoms with Crippen molar-refractivity contribution in [1.29, 1.82) is 0 Å². The largest absolute Gasteiger partial charge is 0.480 e. The average molecular weight is 221 g/mol. The summed E-state index contributed by atoms with van der Waals surface area (Å²) in [7, 11) is -1.42. The number of carbonyl (C=O) groups excluding carboxylic acids is 1. The lowest BCUT2D eigenvalue weighted by molar-refractivity contribution is -0.144. The molecule has 0 saturated carbocycles. The molecule has 0 bridgehead atoms. The van der Waals surface area contributed by atoms with E-state index in [1.807, 2.05) is 13.1 Å². The number of carbonyl (C=O) groups is 2. The van der Waals surface area contributed by atoms with Gasteiger partial charge in [0.2, 0.25) is 5.91 Å². The molecule has 0 spiro atoms. The van der Waals surface area contributed by atoms with E-state index in [1.54, 1.807) is 0 Å². The van der Waals surface area contributed by atoms with Crippen LogP contribution >= 0.6 is 12.6 Å². The Hall–Kier alpha value is -0.493. The molecule has 6 heteroatoms. The van der Waals surface area contributed by atoms with Gasteiger partial charge >= 0.3 is 5.97 Å². The van der Waals surface area contributed by atoms with Gasteiger partial charge in [0.05, 0.1) is 0 Å². The van der Waals surface area contributed by atoms with Crippen LogP contribution in [0.2, 0.25) is 13.1 Å². The van der Waals surface area contributed by atoms with Crippen LogP contribution in [-0.4, -0.2) is 42.3 Å². The van der Waals surface area contributed by atoms with E-state index in [-0.39, 0.29) is 11.7 Å². The average Bonchev–Trinajstić information content (AvgIpc) is 1.97. The maximum absolute atomic E-state index is 11.2. The van der Waals surface area contributed by atoms with E-state index in [0.717, 1.165) is 0 Å². The Morgan fingerprint density at radius 1 is 1.54 bits per heavy atom. The van der Waals surface area contributed by atoms with Crippen LogP contribution in [0, 0.1) is 0 Å². The van der Waals surface area contributed by atoms with Gasteiger partial charge in [-0.25, -0.2) is 4.79 Å². The van der Waals surface area contributed by atoms with Gasteiger partial charge in [0.25, 0.3) is 0 Å². The summed E-state index contributed by atoms with van der Waals surface area (Å²) in [6, 6.07) is -0.771. The number of hydrogen-bond acceptors (Lipinski definition) is 3. The number of aliphatic carboxylic acids is 1. The fraction of sp³-hybridized carbons (Fsp3) is 0.714. The summed E-state index contributed by atoms with van der Waals surface area (Å²) in [5, 5.41) is 8.82. The molecule has 0 aromatic heterocycles. The lowest BCUT2D eigenvalue weighted by Gasteiger charge is -2.30. The van der Waals surface area contributed by atoms with E-state index in [9.17, 15) is 9.59 Å². The number of rotatable bonds is 4. The summed E-state index contributed by atoms with van der Waals surface area (Å²) < 4.78 is 1.45. The number of hydrogen-bond donors (Lipinski definition) is 2. The lowest BCUT2D eigenvalue weighted by atomic mass is 10.3. The highest BCUT2D eigenvalue weighted by Gasteiger charge is 2.28. The Bertz CT molecular complexity index is 210. The number of amides is 1. The van der Waals surface area contributed by atoms with Crippen molar-refractivity contribution in [3.63, 3.8) is 0 Å². The van der Waals surface area contributed by atoms with Gasteiger partial charge < -0.3 is 9.67 Å². The highest BCUT2D eigenvalue weighted by atomic mass is 32.1. The third-order valence-electron chi connectivity index (χ3n) is 1.71. The minimum atomic E-state index is -1.42. The quantitative estimate of drug-likeness (QED) is 0.527. The van der Waals surface area contributed by atoms with Crippen LogP contribution in [-0.2, 0) is 9.59 Å². The number of thiol groups is 1. The summed E-state index contributed by atoms with van der Waals surface area (Å²) >= 11 is 3.93. The summed E-state index contributed by atoms with van der Waals surface area (Å²) in [6.07, 6.45) is 0. The Balaban J connectivity index is 4.69. The minimum absolute atomic E-state index is 0.167. The maximum Gasteiger partial charge on any atom is 0.326 e. The van der Waals surface area contributed by atoms with Gasteiger partial charge in [-0.3, -0.25) is 4.79 Å². The number of carboxylic acid groups (broad SMARTS) is 1. The Morgan fingerprint density at radius 2 is 2.00 bits per heavy atom. The van der Waals surface area contributed by atoms with Crippen molar-refractivity contribution in [2.45, 2.75) is 26.1 Å². The normalized spacial score (nSPS) is 12.7. The van der Waals surface area contributed by atoms with E-state index in [1.165, 1.54) is 11.5 Å². The van der Waals surface area contributed by atoms with E-state index >= 15 is 0 Å². The maximum atomic E-state index is 11.2. The zero-order chi connectivity index (χ0) is 10.6. The molecule has 0 saturated heterocycles. The second kappa shape index (κ2) is 5.28. The molecule has 1 N–H and O–H groups in total. The first-order chi connectivity index (χ1) is 5.91. The molecule has 0 aromatic rings. The van der Waals surface area contributed by atoms with Gasteiger partial charge in [-0.15, -0.1) is 0 Å². The van der Waals surface area contributed by atoms with Crippen LogP contribution in [0.4, 0.5) is 0 Å². The Kier molecular flexibility index (Phi) is 5.08. The number of carboxylic acids is 1. The molecule has 13 heavy (non-hydrogen) atoms. The monoisotopic (exact) mass is 221 g/mol. The second-order valence-corrected chi connectivity index (χ2v) is 6.17. The second-order valence-electron chi connectivity index (χ2n) is 3.06. The third-order valence-corrected chi connectivity index (χ3v) is 3.90. The molecule has 4 nitrogen and oxygen atoms in total. The van der Waals surface area contributed by atoms with Gasteiger partial charge in [0.15, 0.2) is 0 Å². The Labute approximate surface area is 85.0 Å². The third kappa shape index (κ3) is 3.39.